The van der Waals surface area contributed by atoms with Crippen molar-refractivity contribution in [1.29, 1.82) is 0 Å². The van der Waals surface area contributed by atoms with E-state index in [1.807, 2.05) is 60.4 Å². The van der Waals surface area contributed by atoms with Gasteiger partial charge in [0, 0.05) is 36.5 Å². The molecule has 3 heterocycles. The highest BCUT2D eigenvalue weighted by molar-refractivity contribution is 5.97. The van der Waals surface area contributed by atoms with Crippen molar-refractivity contribution in [1.82, 2.24) is 24.4 Å². The summed E-state index contributed by atoms with van der Waals surface area (Å²) in [4.78, 5) is 34.4. The molecule has 0 radical (unpaired) electrons. The Morgan fingerprint density at radius 1 is 1.17 bits per heavy atom. The van der Waals surface area contributed by atoms with Crippen LogP contribution in [0.3, 0.4) is 0 Å². The van der Waals surface area contributed by atoms with Crippen LogP contribution in [0, 0.1) is 6.92 Å². The smallest absolute Gasteiger partial charge is 0.257 e. The molecule has 0 fully saturated rings. The van der Waals surface area contributed by atoms with Gasteiger partial charge in [-0.05, 0) is 50.6 Å². The number of carbonyl (C=O) groups is 1. The summed E-state index contributed by atoms with van der Waals surface area (Å²) in [6.45, 7) is 6.34. The molecule has 30 heavy (non-hydrogen) atoms. The van der Waals surface area contributed by atoms with Gasteiger partial charge in [-0.25, -0.2) is 9.97 Å². The van der Waals surface area contributed by atoms with Crippen LogP contribution >= 0.6 is 0 Å². The normalized spacial score (nSPS) is 12.1. The van der Waals surface area contributed by atoms with Gasteiger partial charge in [0.05, 0.1) is 17.8 Å². The van der Waals surface area contributed by atoms with Gasteiger partial charge in [0.2, 0.25) is 5.43 Å². The molecule has 152 valence electrons. The third-order valence-corrected chi connectivity index (χ3v) is 5.19. The SMILES string of the molecule is CCn1cc(C(=O)N[C@@H](C)c2ccc(-n3ccnc3)cc2)c(=O)c2ccc(C)nc21. The monoisotopic (exact) mass is 401 g/mol. The fourth-order valence-electron chi connectivity index (χ4n) is 3.47. The number of hydrogen-bond acceptors (Lipinski definition) is 4. The molecule has 0 saturated carbocycles. The largest absolute Gasteiger partial charge is 0.345 e. The van der Waals surface area contributed by atoms with Crippen LogP contribution in [0.1, 0.15) is 41.5 Å². The number of benzene rings is 1. The summed E-state index contributed by atoms with van der Waals surface area (Å²) in [5.41, 5.74) is 3.18. The highest BCUT2D eigenvalue weighted by atomic mass is 16.2. The molecular weight excluding hydrogens is 378 g/mol. The number of pyridine rings is 2. The zero-order chi connectivity index (χ0) is 21.3. The Morgan fingerprint density at radius 2 is 1.93 bits per heavy atom. The van der Waals surface area contributed by atoms with E-state index in [1.54, 1.807) is 30.9 Å². The quantitative estimate of drug-likeness (QED) is 0.556. The number of fused-ring (bicyclic) bond motifs is 1. The molecule has 1 amide bonds. The summed E-state index contributed by atoms with van der Waals surface area (Å²) >= 11 is 0. The molecule has 0 unspecified atom stereocenters. The topological polar surface area (TPSA) is 81.8 Å². The molecule has 4 rings (SSSR count). The summed E-state index contributed by atoms with van der Waals surface area (Å²) in [7, 11) is 0. The average Bonchev–Trinajstić information content (AvgIpc) is 3.29. The zero-order valence-corrected chi connectivity index (χ0v) is 17.2. The standard InChI is InChI=1S/C23H23N5O2/c1-4-27-13-20(21(29)19-10-5-15(2)25-22(19)27)23(30)26-16(3)17-6-8-18(9-7-17)28-12-11-24-14-28/h5-14,16H,4H2,1-3H3,(H,26,30)/t16-/m0/s1. The van der Waals surface area contributed by atoms with Crippen molar-refractivity contribution in [2.75, 3.05) is 0 Å². The molecule has 4 aromatic rings. The fourth-order valence-corrected chi connectivity index (χ4v) is 3.47. The average molecular weight is 401 g/mol. The minimum Gasteiger partial charge on any atom is -0.345 e. The van der Waals surface area contributed by atoms with Gasteiger partial charge in [0.15, 0.2) is 0 Å². The lowest BCUT2D eigenvalue weighted by atomic mass is 10.1. The van der Waals surface area contributed by atoms with E-state index in [1.165, 1.54) is 0 Å². The number of hydrogen-bond donors (Lipinski definition) is 1. The number of imidazole rings is 1. The molecule has 3 aromatic heterocycles. The van der Waals surface area contributed by atoms with Crippen LogP contribution in [-0.4, -0.2) is 25.0 Å². The first-order chi connectivity index (χ1) is 14.5. The van der Waals surface area contributed by atoms with Crippen LogP contribution in [0.4, 0.5) is 0 Å². The number of nitrogens with zero attached hydrogens (tertiary/aromatic N) is 4. The molecular formula is C23H23N5O2. The van der Waals surface area contributed by atoms with Crippen LogP contribution in [0.2, 0.25) is 0 Å². The van der Waals surface area contributed by atoms with Gasteiger partial charge in [-0.3, -0.25) is 9.59 Å². The Morgan fingerprint density at radius 3 is 2.60 bits per heavy atom. The minimum absolute atomic E-state index is 0.122. The number of aromatic nitrogens is 4. The van der Waals surface area contributed by atoms with Crippen molar-refractivity contribution in [3.8, 4) is 5.69 Å². The molecule has 7 heteroatoms. The van der Waals surface area contributed by atoms with E-state index in [9.17, 15) is 9.59 Å². The summed E-state index contributed by atoms with van der Waals surface area (Å²) in [6.07, 6.45) is 6.92. The molecule has 0 aliphatic carbocycles. The van der Waals surface area contributed by atoms with Crippen molar-refractivity contribution in [2.24, 2.45) is 0 Å². The molecule has 0 aliphatic heterocycles. The summed E-state index contributed by atoms with van der Waals surface area (Å²) in [6, 6.07) is 11.1. The third kappa shape index (κ3) is 3.61. The second-order valence-electron chi connectivity index (χ2n) is 7.24. The van der Waals surface area contributed by atoms with Crippen LogP contribution < -0.4 is 10.7 Å². The van der Waals surface area contributed by atoms with Crippen molar-refractivity contribution in [3.63, 3.8) is 0 Å². The van der Waals surface area contributed by atoms with E-state index < -0.39 is 5.91 Å². The molecule has 7 nitrogen and oxygen atoms in total. The zero-order valence-electron chi connectivity index (χ0n) is 17.2. The summed E-state index contributed by atoms with van der Waals surface area (Å²) < 4.78 is 3.74. The number of amides is 1. The predicted octanol–water partition coefficient (Wildman–Crippen LogP) is 3.40. The van der Waals surface area contributed by atoms with Gasteiger partial charge >= 0.3 is 0 Å². The van der Waals surface area contributed by atoms with Gasteiger partial charge in [0.25, 0.3) is 5.91 Å². The lowest BCUT2D eigenvalue weighted by Crippen LogP contribution is -2.32. The predicted molar refractivity (Wildman–Crippen MR) is 116 cm³/mol. The number of carbonyl (C=O) groups excluding carboxylic acids is 1. The van der Waals surface area contributed by atoms with Gasteiger partial charge in [-0.2, -0.15) is 0 Å². The van der Waals surface area contributed by atoms with E-state index >= 15 is 0 Å². The molecule has 1 atom stereocenters. The molecule has 0 spiro atoms. The van der Waals surface area contributed by atoms with Crippen LogP contribution in [0.25, 0.3) is 16.7 Å². The number of rotatable bonds is 5. The fraction of sp³-hybridized carbons (Fsp3) is 0.217. The van der Waals surface area contributed by atoms with E-state index in [2.05, 4.69) is 15.3 Å². The molecule has 0 aliphatic rings. The van der Waals surface area contributed by atoms with Crippen molar-refractivity contribution in [3.05, 3.63) is 88.4 Å². The molecule has 1 N–H and O–H groups in total. The maximum absolute atomic E-state index is 12.9. The highest BCUT2D eigenvalue weighted by Gasteiger charge is 2.18. The Kier molecular flexibility index (Phi) is 5.18. The second-order valence-corrected chi connectivity index (χ2v) is 7.24. The van der Waals surface area contributed by atoms with Gasteiger partial charge in [-0.1, -0.05) is 12.1 Å². The van der Waals surface area contributed by atoms with Crippen LogP contribution in [-0.2, 0) is 6.54 Å². The number of nitrogens with one attached hydrogen (secondary N) is 1. The van der Waals surface area contributed by atoms with Crippen LogP contribution in [0.5, 0.6) is 0 Å². The van der Waals surface area contributed by atoms with Gasteiger partial charge in [-0.15, -0.1) is 0 Å². The Labute approximate surface area is 174 Å². The van der Waals surface area contributed by atoms with Crippen LogP contribution in [0.15, 0.2) is 66.1 Å². The Bertz CT molecular complexity index is 1260. The minimum atomic E-state index is -0.393. The second kappa shape index (κ2) is 7.94. The lowest BCUT2D eigenvalue weighted by molar-refractivity contribution is 0.0938. The van der Waals surface area contributed by atoms with Crippen molar-refractivity contribution in [2.45, 2.75) is 33.4 Å². The first-order valence-electron chi connectivity index (χ1n) is 9.88. The van der Waals surface area contributed by atoms with E-state index in [4.69, 9.17) is 0 Å². The Balaban J connectivity index is 1.60. The third-order valence-electron chi connectivity index (χ3n) is 5.19. The summed E-state index contributed by atoms with van der Waals surface area (Å²) in [5, 5.41) is 3.39. The van der Waals surface area contributed by atoms with E-state index in [0.29, 0.717) is 17.6 Å². The molecule has 1 aromatic carbocycles. The van der Waals surface area contributed by atoms with E-state index in [0.717, 1.165) is 16.9 Å². The first-order valence-corrected chi connectivity index (χ1v) is 9.88. The Hall–Kier alpha value is -3.74. The summed E-state index contributed by atoms with van der Waals surface area (Å²) in [5.74, 6) is -0.393. The maximum atomic E-state index is 12.9. The lowest BCUT2D eigenvalue weighted by Gasteiger charge is -2.16. The van der Waals surface area contributed by atoms with Crippen molar-refractivity contribution >= 4 is 16.9 Å². The van der Waals surface area contributed by atoms with E-state index in [-0.39, 0.29) is 17.0 Å². The van der Waals surface area contributed by atoms with Gasteiger partial charge < -0.3 is 14.5 Å². The maximum Gasteiger partial charge on any atom is 0.257 e. The molecule has 0 bridgehead atoms. The first kappa shape index (κ1) is 19.6. The highest BCUT2D eigenvalue weighted by Crippen LogP contribution is 2.17. The number of aryl methyl sites for hydroxylation is 2. The van der Waals surface area contributed by atoms with Gasteiger partial charge in [0.1, 0.15) is 11.2 Å². The molecule has 0 saturated heterocycles. The van der Waals surface area contributed by atoms with Crippen molar-refractivity contribution < 1.29 is 4.79 Å².